The highest BCUT2D eigenvalue weighted by molar-refractivity contribution is 5.70. The highest BCUT2D eigenvalue weighted by Crippen LogP contribution is 2.27. The Balaban J connectivity index is 1.74. The SMILES string of the molecule is CCCCC/C=C/C/C=C/C/C=C/CCCCC(=O)O[C@@H](COC(=O)CCCCCCCCCCCCCCCCCCCCCCCC)CO[C@@H]1O[C@H](CO[C@@H]2O[C@H](CO)[C@H](O)C(O)C2O)[C@H](O)C(O)C1O. The lowest BCUT2D eigenvalue weighted by atomic mass is 9.98. The maximum Gasteiger partial charge on any atom is 0.306 e. The summed E-state index contributed by atoms with van der Waals surface area (Å²) < 4.78 is 33.6. The van der Waals surface area contributed by atoms with Crippen molar-refractivity contribution in [3.63, 3.8) is 0 Å². The minimum absolute atomic E-state index is 0.118. The van der Waals surface area contributed by atoms with E-state index in [1.54, 1.807) is 0 Å². The van der Waals surface area contributed by atoms with Gasteiger partial charge in [0.15, 0.2) is 18.7 Å². The van der Waals surface area contributed by atoms with Crippen LogP contribution in [0.4, 0.5) is 0 Å². The fourth-order valence-electron chi connectivity index (χ4n) is 9.11. The second-order valence-electron chi connectivity index (χ2n) is 20.5. The first-order valence-electron chi connectivity index (χ1n) is 29.1. The molecule has 0 aromatic heterocycles. The molecule has 426 valence electrons. The highest BCUT2D eigenvalue weighted by atomic mass is 16.7. The Labute approximate surface area is 440 Å². The summed E-state index contributed by atoms with van der Waals surface area (Å²) in [5, 5.41) is 72.2. The van der Waals surface area contributed by atoms with Crippen LogP contribution in [-0.2, 0) is 38.0 Å². The smallest absolute Gasteiger partial charge is 0.306 e. The van der Waals surface area contributed by atoms with Gasteiger partial charge < -0.3 is 64.2 Å². The molecule has 2 fully saturated rings. The Morgan fingerprint density at radius 2 is 0.822 bits per heavy atom. The van der Waals surface area contributed by atoms with Crippen LogP contribution in [-0.4, -0.2) is 142 Å². The predicted molar refractivity (Wildman–Crippen MR) is 284 cm³/mol. The average molecular weight is 1040 g/mol. The van der Waals surface area contributed by atoms with Crippen molar-refractivity contribution in [2.24, 2.45) is 0 Å². The molecule has 11 atom stereocenters. The maximum absolute atomic E-state index is 13.0. The summed E-state index contributed by atoms with van der Waals surface area (Å²) in [6.45, 7) is 2.56. The van der Waals surface area contributed by atoms with Crippen molar-refractivity contribution in [2.45, 2.75) is 293 Å². The van der Waals surface area contributed by atoms with Crippen LogP contribution in [0.2, 0.25) is 0 Å². The number of hydrogen-bond acceptors (Lipinski definition) is 15. The van der Waals surface area contributed by atoms with Crippen LogP contribution in [0.25, 0.3) is 0 Å². The van der Waals surface area contributed by atoms with Gasteiger partial charge in [0, 0.05) is 12.8 Å². The summed E-state index contributed by atoms with van der Waals surface area (Å²) in [7, 11) is 0. The van der Waals surface area contributed by atoms with Gasteiger partial charge in [0.2, 0.25) is 0 Å². The van der Waals surface area contributed by atoms with E-state index in [4.69, 9.17) is 28.4 Å². The number of carbonyl (C=O) groups is 2. The second-order valence-corrected chi connectivity index (χ2v) is 20.5. The molecule has 0 aliphatic carbocycles. The van der Waals surface area contributed by atoms with E-state index >= 15 is 0 Å². The van der Waals surface area contributed by atoms with Gasteiger partial charge in [-0.3, -0.25) is 9.59 Å². The minimum Gasteiger partial charge on any atom is -0.462 e. The summed E-state index contributed by atoms with van der Waals surface area (Å²) in [5.41, 5.74) is 0. The first-order chi connectivity index (χ1) is 35.5. The Morgan fingerprint density at radius 1 is 0.438 bits per heavy atom. The topological polar surface area (TPSA) is 231 Å². The summed E-state index contributed by atoms with van der Waals surface area (Å²) in [6.07, 6.45) is 33.2. The van der Waals surface area contributed by atoms with Gasteiger partial charge in [-0.25, -0.2) is 0 Å². The van der Waals surface area contributed by atoms with Crippen LogP contribution < -0.4 is 0 Å². The molecular formula is C58H104O15. The number of carbonyl (C=O) groups excluding carboxylic acids is 2. The minimum atomic E-state index is -1.77. The van der Waals surface area contributed by atoms with Crippen molar-refractivity contribution in [1.29, 1.82) is 0 Å². The van der Waals surface area contributed by atoms with Gasteiger partial charge in [0.1, 0.15) is 55.4 Å². The van der Waals surface area contributed by atoms with E-state index in [1.807, 2.05) is 0 Å². The summed E-state index contributed by atoms with van der Waals surface area (Å²) >= 11 is 0. The van der Waals surface area contributed by atoms with E-state index in [9.17, 15) is 45.3 Å². The largest absolute Gasteiger partial charge is 0.462 e. The number of esters is 2. The van der Waals surface area contributed by atoms with Crippen molar-refractivity contribution in [3.05, 3.63) is 36.5 Å². The number of rotatable bonds is 46. The lowest BCUT2D eigenvalue weighted by Crippen LogP contribution is -2.61. The normalized spacial score (nSPS) is 25.1. The Morgan fingerprint density at radius 3 is 1.32 bits per heavy atom. The molecule has 2 heterocycles. The molecule has 0 spiro atoms. The van der Waals surface area contributed by atoms with E-state index in [1.165, 1.54) is 135 Å². The van der Waals surface area contributed by atoms with Gasteiger partial charge in [-0.1, -0.05) is 198 Å². The van der Waals surface area contributed by atoms with E-state index in [2.05, 4.69) is 50.3 Å². The third-order valence-electron chi connectivity index (χ3n) is 13.9. The van der Waals surface area contributed by atoms with Crippen LogP contribution in [0.1, 0.15) is 226 Å². The van der Waals surface area contributed by atoms with Gasteiger partial charge in [-0.15, -0.1) is 0 Å². The Kier molecular flexibility index (Phi) is 41.0. The van der Waals surface area contributed by atoms with E-state index in [0.29, 0.717) is 12.8 Å². The Hall–Kier alpha value is -2.28. The number of aliphatic hydroxyl groups is 7. The van der Waals surface area contributed by atoms with Gasteiger partial charge in [0.25, 0.3) is 0 Å². The lowest BCUT2D eigenvalue weighted by Gasteiger charge is -2.42. The molecule has 2 saturated heterocycles. The monoisotopic (exact) mass is 1040 g/mol. The molecule has 0 saturated carbocycles. The van der Waals surface area contributed by atoms with Crippen LogP contribution in [0.15, 0.2) is 36.5 Å². The van der Waals surface area contributed by atoms with Gasteiger partial charge in [-0.2, -0.15) is 0 Å². The average Bonchev–Trinajstić information content (AvgIpc) is 3.38. The zero-order chi connectivity index (χ0) is 53.2. The molecule has 4 unspecified atom stereocenters. The van der Waals surface area contributed by atoms with E-state index in [0.717, 1.165) is 51.4 Å². The first-order valence-corrected chi connectivity index (χ1v) is 29.1. The van der Waals surface area contributed by atoms with Gasteiger partial charge in [0.05, 0.1) is 19.8 Å². The molecule has 15 heteroatoms. The number of hydrogen-bond donors (Lipinski definition) is 7. The third-order valence-corrected chi connectivity index (χ3v) is 13.9. The maximum atomic E-state index is 13.0. The van der Waals surface area contributed by atoms with E-state index < -0.39 is 99.3 Å². The fourth-order valence-corrected chi connectivity index (χ4v) is 9.11. The quantitative estimate of drug-likeness (QED) is 0.0171. The molecule has 2 aliphatic heterocycles. The third kappa shape index (κ3) is 32.2. The fraction of sp³-hybridized carbons (Fsp3) is 0.862. The molecule has 0 bridgehead atoms. The van der Waals surface area contributed by atoms with Crippen molar-refractivity contribution in [2.75, 3.05) is 26.4 Å². The molecule has 2 aliphatic rings. The molecule has 0 aromatic rings. The van der Waals surface area contributed by atoms with Crippen LogP contribution in [0.3, 0.4) is 0 Å². The second kappa shape index (κ2) is 44.8. The molecule has 7 N–H and O–H groups in total. The summed E-state index contributed by atoms with van der Waals surface area (Å²) in [4.78, 5) is 25.8. The number of aliphatic hydroxyl groups excluding tert-OH is 7. The lowest BCUT2D eigenvalue weighted by molar-refractivity contribution is -0.332. The zero-order valence-corrected chi connectivity index (χ0v) is 45.4. The molecule has 0 amide bonds. The molecular weight excluding hydrogens is 937 g/mol. The number of ether oxygens (including phenoxy) is 6. The Bertz CT molecular complexity index is 1410. The van der Waals surface area contributed by atoms with Crippen molar-refractivity contribution in [3.8, 4) is 0 Å². The highest BCUT2D eigenvalue weighted by Gasteiger charge is 2.47. The molecule has 15 nitrogen and oxygen atoms in total. The van der Waals surface area contributed by atoms with Crippen molar-refractivity contribution >= 4 is 11.9 Å². The van der Waals surface area contributed by atoms with Crippen molar-refractivity contribution < 1.29 is 73.8 Å². The molecule has 73 heavy (non-hydrogen) atoms. The van der Waals surface area contributed by atoms with Gasteiger partial charge in [-0.05, 0) is 51.4 Å². The van der Waals surface area contributed by atoms with Crippen LogP contribution in [0, 0.1) is 0 Å². The van der Waals surface area contributed by atoms with Crippen LogP contribution >= 0.6 is 0 Å². The van der Waals surface area contributed by atoms with E-state index in [-0.39, 0.29) is 19.4 Å². The summed E-state index contributed by atoms with van der Waals surface area (Å²) in [6, 6.07) is 0. The number of unbranched alkanes of at least 4 members (excludes halogenated alkanes) is 26. The van der Waals surface area contributed by atoms with Crippen molar-refractivity contribution in [1.82, 2.24) is 0 Å². The molecule has 0 aromatic carbocycles. The predicted octanol–water partition coefficient (Wildman–Crippen LogP) is 9.66. The van der Waals surface area contributed by atoms with Crippen LogP contribution in [0.5, 0.6) is 0 Å². The number of allylic oxidation sites excluding steroid dienone is 6. The standard InChI is InChI=1S/C58H104O15/c1-3-5-7-9-11-13-15-17-19-20-21-22-23-24-25-27-28-30-32-34-36-38-40-49(60)68-43-46(71-50(61)41-39-37-35-33-31-29-26-18-16-14-12-10-8-6-4-2)44-69-57-56(67)54(65)52(63)48(73-57)45-70-58-55(66)53(64)51(62)47(42-59)72-58/h12,14,18,26,31,33,46-48,51-59,62-67H,3-11,13,15-17,19-25,27-30,32,34-45H2,1-2H3/b14-12+,26-18+,33-31+/t46-,47+,48+,51-,52-,53?,54?,55?,56?,57+,58+/m0/s1. The first kappa shape index (κ1) is 66.8. The molecule has 2 rings (SSSR count). The summed E-state index contributed by atoms with van der Waals surface area (Å²) in [5.74, 6) is -0.960. The molecule has 0 radical (unpaired) electrons. The van der Waals surface area contributed by atoms with Gasteiger partial charge >= 0.3 is 11.9 Å². The zero-order valence-electron chi connectivity index (χ0n) is 45.4.